The maximum absolute atomic E-state index is 6.88. The van der Waals surface area contributed by atoms with E-state index in [4.69, 9.17) is 8.85 Å². The van der Waals surface area contributed by atoms with Crippen molar-refractivity contribution in [2.45, 2.75) is 128 Å². The van der Waals surface area contributed by atoms with E-state index in [9.17, 15) is 0 Å². The molecule has 2 unspecified atom stereocenters. The van der Waals surface area contributed by atoms with E-state index in [1.807, 2.05) is 0 Å². The van der Waals surface area contributed by atoms with Crippen molar-refractivity contribution in [3.63, 3.8) is 0 Å². The average molecular weight is 553 g/mol. The molecule has 2 aromatic carbocycles. The summed E-state index contributed by atoms with van der Waals surface area (Å²) in [6, 6.07) is 13.9. The molecule has 2 atom stereocenters. The molecule has 0 N–H and O–H groups in total. The smallest absolute Gasteiger partial charge is 0.250 e. The molecule has 2 aliphatic carbocycles. The van der Waals surface area contributed by atoms with Crippen LogP contribution in [0.1, 0.15) is 87.7 Å². The zero-order valence-electron chi connectivity index (χ0n) is 25.8. The van der Waals surface area contributed by atoms with Crippen LogP contribution in [0.5, 0.6) is 11.5 Å². The van der Waals surface area contributed by atoms with E-state index < -0.39 is 24.7 Å². The molecule has 2 aliphatic rings. The van der Waals surface area contributed by atoms with Crippen LogP contribution in [0.4, 0.5) is 0 Å². The molecule has 0 heterocycles. The third kappa shape index (κ3) is 5.17. The van der Waals surface area contributed by atoms with Crippen molar-refractivity contribution < 1.29 is 8.85 Å². The van der Waals surface area contributed by atoms with Gasteiger partial charge >= 0.3 is 0 Å². The van der Waals surface area contributed by atoms with Crippen molar-refractivity contribution in [2.24, 2.45) is 0 Å². The van der Waals surface area contributed by atoms with Crippen molar-refractivity contribution in [2.75, 3.05) is 0 Å². The number of hydrogen-bond acceptors (Lipinski definition) is 2. The van der Waals surface area contributed by atoms with Gasteiger partial charge in [-0.05, 0) is 107 Å². The first kappa shape index (κ1) is 28.7. The molecule has 0 saturated carbocycles. The fourth-order valence-electron chi connectivity index (χ4n) is 6.08. The topological polar surface area (TPSA) is 18.5 Å². The highest BCUT2D eigenvalue weighted by Crippen LogP contribution is 2.53. The molecule has 0 fully saturated rings. The third-order valence-corrected chi connectivity index (χ3v) is 24.1. The van der Waals surface area contributed by atoms with Crippen LogP contribution in [0.3, 0.4) is 0 Å². The van der Waals surface area contributed by atoms with Crippen LogP contribution in [-0.2, 0) is 12.8 Å². The summed E-state index contributed by atoms with van der Waals surface area (Å²) in [6.45, 7) is 28.8. The monoisotopic (exact) mass is 552 g/mol. The van der Waals surface area contributed by atoms with Crippen molar-refractivity contribution in [1.82, 2.24) is 0 Å². The summed E-state index contributed by atoms with van der Waals surface area (Å²) in [5.41, 5.74) is 7.57. The second kappa shape index (κ2) is 9.41. The number of rotatable bonds is 6. The van der Waals surface area contributed by atoms with Crippen LogP contribution >= 0.6 is 0 Å². The Bertz CT molecular complexity index is 1060. The van der Waals surface area contributed by atoms with Gasteiger partial charge in [-0.3, -0.25) is 0 Å². The Labute approximate surface area is 230 Å². The van der Waals surface area contributed by atoms with Gasteiger partial charge in [0.25, 0.3) is 0 Å². The molecule has 0 amide bonds. The van der Waals surface area contributed by atoms with Gasteiger partial charge in [0.2, 0.25) is 16.6 Å². The fraction of sp³-hybridized carbons (Fsp3) is 0.625. The van der Waals surface area contributed by atoms with Crippen LogP contribution in [0, 0.1) is 0 Å². The molecule has 2 nitrogen and oxygen atoms in total. The molecule has 0 spiro atoms. The first-order valence-electron chi connectivity index (χ1n) is 14.5. The van der Waals surface area contributed by atoms with E-state index in [1.54, 1.807) is 11.1 Å². The Morgan fingerprint density at radius 1 is 0.595 bits per heavy atom. The Morgan fingerprint density at radius 2 is 0.946 bits per heavy atom. The second-order valence-electron chi connectivity index (χ2n) is 15.4. The zero-order chi connectivity index (χ0) is 27.6. The Balaban J connectivity index is 1.64. The minimum Gasteiger partial charge on any atom is -0.543 e. The molecule has 0 bridgehead atoms. The lowest BCUT2D eigenvalue weighted by atomic mass is 10.1. The second-order valence-corrected chi connectivity index (χ2v) is 29.9. The lowest BCUT2D eigenvalue weighted by molar-refractivity contribution is 0.487. The SMILES string of the molecule is CC(C)(C)[Si](C)(C)Oc1cccc2c1CCC2[Si](C)(C)C1CCc2c(O[Si](C)(C)C(C)(C)C)cccc21. The van der Waals surface area contributed by atoms with E-state index in [-0.39, 0.29) is 10.1 Å². The molecule has 204 valence electrons. The number of benzene rings is 2. The molecule has 2 aromatic rings. The van der Waals surface area contributed by atoms with E-state index in [2.05, 4.69) is 117 Å². The average Bonchev–Trinajstić information content (AvgIpc) is 3.38. The van der Waals surface area contributed by atoms with Gasteiger partial charge in [0.15, 0.2) is 0 Å². The zero-order valence-corrected chi connectivity index (χ0v) is 28.8. The molecule has 37 heavy (non-hydrogen) atoms. The Hall–Kier alpha value is -1.31. The van der Waals surface area contributed by atoms with Gasteiger partial charge in [-0.25, -0.2) is 0 Å². The lowest BCUT2D eigenvalue weighted by Gasteiger charge is -2.38. The van der Waals surface area contributed by atoms with Gasteiger partial charge in [-0.2, -0.15) is 0 Å². The van der Waals surface area contributed by atoms with Crippen LogP contribution in [0.15, 0.2) is 36.4 Å². The fourth-order valence-corrected chi connectivity index (χ4v) is 12.6. The van der Waals surface area contributed by atoms with Gasteiger partial charge in [0.05, 0.1) is 8.07 Å². The van der Waals surface area contributed by atoms with Crippen LogP contribution < -0.4 is 8.85 Å². The van der Waals surface area contributed by atoms with E-state index in [0.717, 1.165) is 12.8 Å². The van der Waals surface area contributed by atoms with Gasteiger partial charge in [0, 0.05) is 0 Å². The number of hydrogen-bond donors (Lipinski definition) is 0. The Kier molecular flexibility index (Phi) is 7.30. The molecule has 0 saturated heterocycles. The van der Waals surface area contributed by atoms with Crippen LogP contribution in [0.25, 0.3) is 0 Å². The summed E-state index contributed by atoms with van der Waals surface area (Å²) in [5, 5.41) is 0.416. The Morgan fingerprint density at radius 3 is 1.27 bits per heavy atom. The van der Waals surface area contributed by atoms with Crippen LogP contribution in [0.2, 0.25) is 49.4 Å². The first-order valence-corrected chi connectivity index (χ1v) is 23.5. The van der Waals surface area contributed by atoms with E-state index in [1.165, 1.54) is 35.5 Å². The largest absolute Gasteiger partial charge is 0.543 e. The summed E-state index contributed by atoms with van der Waals surface area (Å²) < 4.78 is 13.8. The number of fused-ring (bicyclic) bond motifs is 2. The normalized spacial score (nSPS) is 20.5. The predicted octanol–water partition coefficient (Wildman–Crippen LogP) is 10.0. The van der Waals surface area contributed by atoms with Gasteiger partial charge in [0.1, 0.15) is 11.5 Å². The van der Waals surface area contributed by atoms with E-state index in [0.29, 0.717) is 11.1 Å². The summed E-state index contributed by atoms with van der Waals surface area (Å²) in [6.07, 6.45) is 4.88. The molecule has 5 heteroatoms. The molecular weight excluding hydrogens is 501 g/mol. The minimum absolute atomic E-state index is 0.208. The molecule has 0 aliphatic heterocycles. The highest BCUT2D eigenvalue weighted by atomic mass is 28.4. The van der Waals surface area contributed by atoms with Gasteiger partial charge in [-0.15, -0.1) is 0 Å². The summed E-state index contributed by atoms with van der Waals surface area (Å²) in [7, 11) is -5.40. The summed E-state index contributed by atoms with van der Waals surface area (Å²) >= 11 is 0. The van der Waals surface area contributed by atoms with Crippen LogP contribution in [-0.4, -0.2) is 24.7 Å². The maximum atomic E-state index is 6.88. The van der Waals surface area contributed by atoms with E-state index >= 15 is 0 Å². The first-order chi connectivity index (χ1) is 16.9. The maximum Gasteiger partial charge on any atom is 0.250 e. The molecule has 0 aromatic heterocycles. The van der Waals surface area contributed by atoms with Crippen molar-refractivity contribution in [1.29, 1.82) is 0 Å². The third-order valence-electron chi connectivity index (χ3n) is 10.6. The quantitative estimate of drug-likeness (QED) is 0.332. The predicted molar refractivity (Wildman–Crippen MR) is 168 cm³/mol. The summed E-state index contributed by atoms with van der Waals surface area (Å²) in [5.74, 6) is 2.35. The van der Waals surface area contributed by atoms with Gasteiger partial charge < -0.3 is 8.85 Å². The molecule has 4 rings (SSSR count). The summed E-state index contributed by atoms with van der Waals surface area (Å²) in [4.78, 5) is 0. The highest BCUT2D eigenvalue weighted by Gasteiger charge is 2.48. The highest BCUT2D eigenvalue weighted by molar-refractivity contribution is 6.80. The standard InChI is InChI=1S/C32H52O2Si3/c1-31(2,3)36(9,10)33-27-17-13-15-25-23(27)19-21-29(25)35(7,8)30-22-20-24-26(30)16-14-18-28(24)34-37(11,12)32(4,5)6/h13-18,29-30H,19-22H2,1-12H3. The minimum atomic E-state index is -1.87. The van der Waals surface area contributed by atoms with Crippen molar-refractivity contribution in [3.05, 3.63) is 58.7 Å². The molecular formula is C32H52O2Si3. The van der Waals surface area contributed by atoms with Crippen molar-refractivity contribution >= 4 is 24.7 Å². The molecule has 0 radical (unpaired) electrons. The van der Waals surface area contributed by atoms with Crippen molar-refractivity contribution in [3.8, 4) is 11.5 Å². The van der Waals surface area contributed by atoms with Gasteiger partial charge in [-0.1, -0.05) is 78.9 Å². The lowest BCUT2D eigenvalue weighted by Crippen LogP contribution is -2.44.